The summed E-state index contributed by atoms with van der Waals surface area (Å²) >= 11 is 7.59. The number of nitrogens with zero attached hydrogens (tertiary/aromatic N) is 4. The minimum absolute atomic E-state index is 0.109. The molecule has 3 aromatic rings. The van der Waals surface area contributed by atoms with Crippen LogP contribution in [-0.4, -0.2) is 55.1 Å². The summed E-state index contributed by atoms with van der Waals surface area (Å²) in [6, 6.07) is 7.70. The van der Waals surface area contributed by atoms with E-state index in [9.17, 15) is 4.79 Å². The van der Waals surface area contributed by atoms with Gasteiger partial charge in [0.25, 0.3) is 5.91 Å². The van der Waals surface area contributed by atoms with Crippen LogP contribution in [0.2, 0.25) is 5.02 Å². The van der Waals surface area contributed by atoms with Crippen LogP contribution in [0.1, 0.15) is 21.1 Å². The average molecular weight is 419 g/mol. The van der Waals surface area contributed by atoms with Gasteiger partial charge in [0, 0.05) is 55.6 Å². The lowest BCUT2D eigenvalue weighted by Crippen LogP contribution is -2.34. The van der Waals surface area contributed by atoms with Crippen molar-refractivity contribution in [3.8, 4) is 0 Å². The van der Waals surface area contributed by atoms with Gasteiger partial charge >= 0.3 is 0 Å². The Balaban J connectivity index is 1.98. The molecule has 0 fully saturated rings. The summed E-state index contributed by atoms with van der Waals surface area (Å²) in [5.41, 5.74) is 2.24. The molecular weight excluding hydrogens is 396 g/mol. The molecule has 0 aliphatic rings. The average Bonchev–Trinajstić information content (AvgIpc) is 3.10. The lowest BCUT2D eigenvalue weighted by Gasteiger charge is -2.25. The minimum atomic E-state index is -0.109. The number of benzene rings is 1. The van der Waals surface area contributed by atoms with E-state index in [4.69, 9.17) is 21.3 Å². The van der Waals surface area contributed by atoms with E-state index in [1.54, 1.807) is 17.4 Å². The van der Waals surface area contributed by atoms with Crippen LogP contribution in [0.5, 0.6) is 0 Å². The Hall–Kier alpha value is -2.22. The molecule has 0 aliphatic heterocycles. The molecule has 0 saturated heterocycles. The van der Waals surface area contributed by atoms with E-state index in [0.29, 0.717) is 30.4 Å². The van der Waals surface area contributed by atoms with Crippen LogP contribution in [0.25, 0.3) is 10.9 Å². The molecule has 1 amide bonds. The predicted molar refractivity (Wildman–Crippen MR) is 115 cm³/mol. The third-order valence-electron chi connectivity index (χ3n) is 4.31. The fraction of sp³-hybridized carbons (Fsp3) is 0.350. The van der Waals surface area contributed by atoms with Crippen LogP contribution in [0, 0.1) is 6.92 Å². The highest BCUT2D eigenvalue weighted by molar-refractivity contribution is 7.09. The van der Waals surface area contributed by atoms with Crippen molar-refractivity contribution in [2.75, 3.05) is 39.3 Å². The summed E-state index contributed by atoms with van der Waals surface area (Å²) < 4.78 is 5.21. The Kier molecular flexibility index (Phi) is 6.49. The summed E-state index contributed by atoms with van der Waals surface area (Å²) in [4.78, 5) is 25.8. The number of aryl methyl sites for hydroxylation is 1. The molecular formula is C20H23ClN4O2S. The number of aromatic nitrogens is 2. The molecule has 2 heterocycles. The quantitative estimate of drug-likeness (QED) is 0.580. The zero-order chi connectivity index (χ0) is 20.3. The van der Waals surface area contributed by atoms with Crippen molar-refractivity contribution in [1.29, 1.82) is 0 Å². The van der Waals surface area contributed by atoms with E-state index in [-0.39, 0.29) is 5.91 Å². The first kappa shape index (κ1) is 20.5. The Morgan fingerprint density at radius 2 is 2.04 bits per heavy atom. The van der Waals surface area contributed by atoms with Gasteiger partial charge in [0.1, 0.15) is 11.5 Å². The second kappa shape index (κ2) is 8.86. The van der Waals surface area contributed by atoms with Gasteiger partial charge in [-0.3, -0.25) is 4.79 Å². The van der Waals surface area contributed by atoms with Crippen LogP contribution >= 0.6 is 22.9 Å². The van der Waals surface area contributed by atoms with Gasteiger partial charge in [-0.1, -0.05) is 17.7 Å². The van der Waals surface area contributed by atoms with E-state index >= 15 is 0 Å². The molecule has 0 spiro atoms. The van der Waals surface area contributed by atoms with Gasteiger partial charge in [0.15, 0.2) is 0 Å². The molecule has 2 aromatic heterocycles. The zero-order valence-electron chi connectivity index (χ0n) is 16.4. The topological polar surface area (TPSA) is 58.6 Å². The van der Waals surface area contributed by atoms with Gasteiger partial charge < -0.3 is 14.5 Å². The highest BCUT2D eigenvalue weighted by Gasteiger charge is 2.21. The first-order valence-electron chi connectivity index (χ1n) is 8.86. The summed E-state index contributed by atoms with van der Waals surface area (Å²) in [7, 11) is 5.50. The molecule has 28 heavy (non-hydrogen) atoms. The molecule has 0 atom stereocenters. The lowest BCUT2D eigenvalue weighted by molar-refractivity contribution is 0.0675. The Morgan fingerprint density at radius 1 is 1.25 bits per heavy atom. The van der Waals surface area contributed by atoms with E-state index in [1.165, 1.54) is 11.3 Å². The maximum atomic E-state index is 13.0. The molecule has 3 rings (SSSR count). The van der Waals surface area contributed by atoms with Crippen LogP contribution in [0.15, 0.2) is 29.6 Å². The number of hydrogen-bond donors (Lipinski definition) is 0. The number of methoxy groups -OCH3 is 1. The fourth-order valence-electron chi connectivity index (χ4n) is 2.96. The molecule has 1 aromatic carbocycles. The summed E-state index contributed by atoms with van der Waals surface area (Å²) in [6.45, 7) is 3.22. The van der Waals surface area contributed by atoms with Crippen LogP contribution in [-0.2, 0) is 11.3 Å². The number of carbonyl (C=O) groups is 1. The SMILES string of the molecule is COCCN(Cc1cc2ccc(Cl)cc2nc1N(C)C)C(=O)c1csc(C)n1. The van der Waals surface area contributed by atoms with Crippen molar-refractivity contribution in [3.63, 3.8) is 0 Å². The number of carbonyl (C=O) groups excluding carboxylic acids is 1. The van der Waals surface area contributed by atoms with Gasteiger partial charge in [0.2, 0.25) is 0 Å². The molecule has 8 heteroatoms. The van der Waals surface area contributed by atoms with Gasteiger partial charge in [-0.2, -0.15) is 0 Å². The van der Waals surface area contributed by atoms with Gasteiger partial charge in [-0.05, 0) is 25.1 Å². The Morgan fingerprint density at radius 3 is 2.68 bits per heavy atom. The highest BCUT2D eigenvalue weighted by atomic mass is 35.5. The summed E-state index contributed by atoms with van der Waals surface area (Å²) in [5, 5.41) is 4.29. The van der Waals surface area contributed by atoms with Crippen molar-refractivity contribution >= 4 is 45.6 Å². The number of pyridine rings is 1. The number of anilines is 1. The van der Waals surface area contributed by atoms with Crippen molar-refractivity contribution in [2.24, 2.45) is 0 Å². The van der Waals surface area contributed by atoms with Crippen molar-refractivity contribution in [2.45, 2.75) is 13.5 Å². The third-order valence-corrected chi connectivity index (χ3v) is 5.32. The lowest BCUT2D eigenvalue weighted by atomic mass is 10.1. The normalized spacial score (nSPS) is 11.0. The van der Waals surface area contributed by atoms with E-state index in [0.717, 1.165) is 27.3 Å². The first-order valence-corrected chi connectivity index (χ1v) is 10.1. The standard InChI is InChI=1S/C20H23ClN4O2S/c1-13-22-18(12-28-13)20(26)25(7-8-27-4)11-15-9-14-5-6-16(21)10-17(14)23-19(15)24(2)3/h5-6,9-10,12H,7-8,11H2,1-4H3. The first-order chi connectivity index (χ1) is 13.4. The molecule has 0 bridgehead atoms. The molecule has 0 radical (unpaired) electrons. The van der Waals surface area contributed by atoms with Crippen molar-refractivity contribution in [1.82, 2.24) is 14.9 Å². The number of rotatable bonds is 7. The number of thiazole rings is 1. The number of ether oxygens (including phenoxy) is 1. The number of amides is 1. The fourth-order valence-corrected chi connectivity index (χ4v) is 3.71. The largest absolute Gasteiger partial charge is 0.383 e. The molecule has 0 N–H and O–H groups in total. The Labute approximate surface area is 173 Å². The predicted octanol–water partition coefficient (Wildman–Crippen LogP) is 4.01. The van der Waals surface area contributed by atoms with Gasteiger partial charge in [0.05, 0.1) is 17.1 Å². The second-order valence-electron chi connectivity index (χ2n) is 6.67. The molecule has 0 aliphatic carbocycles. The van der Waals surface area contributed by atoms with Crippen molar-refractivity contribution in [3.05, 3.63) is 50.9 Å². The summed E-state index contributed by atoms with van der Waals surface area (Å²) in [5.74, 6) is 0.696. The van der Waals surface area contributed by atoms with Crippen LogP contribution < -0.4 is 4.90 Å². The highest BCUT2D eigenvalue weighted by Crippen LogP contribution is 2.26. The number of halogens is 1. The smallest absolute Gasteiger partial charge is 0.273 e. The number of hydrogen-bond acceptors (Lipinski definition) is 6. The Bertz CT molecular complexity index is 989. The van der Waals surface area contributed by atoms with Crippen LogP contribution in [0.3, 0.4) is 0 Å². The number of fused-ring (bicyclic) bond motifs is 1. The minimum Gasteiger partial charge on any atom is -0.383 e. The zero-order valence-corrected chi connectivity index (χ0v) is 18.0. The van der Waals surface area contributed by atoms with Crippen molar-refractivity contribution < 1.29 is 9.53 Å². The molecule has 6 nitrogen and oxygen atoms in total. The molecule has 148 valence electrons. The maximum Gasteiger partial charge on any atom is 0.273 e. The molecule has 0 unspecified atom stereocenters. The monoisotopic (exact) mass is 418 g/mol. The van der Waals surface area contributed by atoms with E-state index in [1.807, 2.05) is 44.1 Å². The summed E-state index contributed by atoms with van der Waals surface area (Å²) in [6.07, 6.45) is 0. The van der Waals surface area contributed by atoms with E-state index in [2.05, 4.69) is 11.1 Å². The van der Waals surface area contributed by atoms with E-state index < -0.39 is 0 Å². The third kappa shape index (κ3) is 4.60. The van der Waals surface area contributed by atoms with Gasteiger partial charge in [-0.15, -0.1) is 11.3 Å². The van der Waals surface area contributed by atoms with Crippen LogP contribution in [0.4, 0.5) is 5.82 Å². The maximum absolute atomic E-state index is 13.0. The second-order valence-corrected chi connectivity index (χ2v) is 8.17. The molecule has 0 saturated carbocycles. The van der Waals surface area contributed by atoms with Gasteiger partial charge in [-0.25, -0.2) is 9.97 Å².